The monoisotopic (exact) mass is 347 g/mol. The normalized spacial score (nSPS) is 27.2. The Balaban J connectivity index is 1.88. The van der Waals surface area contributed by atoms with Crippen molar-refractivity contribution in [2.75, 3.05) is 26.2 Å². The van der Waals surface area contributed by atoms with Gasteiger partial charge in [-0.25, -0.2) is 4.79 Å². The van der Waals surface area contributed by atoms with Crippen molar-refractivity contribution < 1.29 is 17.9 Å². The molecule has 8 heteroatoms. The summed E-state index contributed by atoms with van der Waals surface area (Å²) in [7, 11) is -3.48. The third-order valence-corrected chi connectivity index (χ3v) is 5.76. The van der Waals surface area contributed by atoms with Crippen molar-refractivity contribution in [1.82, 2.24) is 13.9 Å². The topological polar surface area (TPSA) is 79.0 Å². The van der Waals surface area contributed by atoms with Gasteiger partial charge in [0.1, 0.15) is 5.60 Å². The first-order valence-corrected chi connectivity index (χ1v) is 9.76. The van der Waals surface area contributed by atoms with Crippen LogP contribution in [-0.2, 0) is 14.9 Å². The van der Waals surface area contributed by atoms with Crippen LogP contribution < -0.4 is 4.72 Å². The minimum Gasteiger partial charge on any atom is -0.444 e. The van der Waals surface area contributed by atoms with E-state index in [0.717, 1.165) is 12.8 Å². The van der Waals surface area contributed by atoms with E-state index in [1.54, 1.807) is 4.90 Å². The summed E-state index contributed by atoms with van der Waals surface area (Å²) >= 11 is 0. The van der Waals surface area contributed by atoms with E-state index < -0.39 is 15.8 Å². The van der Waals surface area contributed by atoms with Gasteiger partial charge < -0.3 is 9.64 Å². The number of ether oxygens (including phenoxy) is 1. The summed E-state index contributed by atoms with van der Waals surface area (Å²) in [6.07, 6.45) is 2.20. The van der Waals surface area contributed by atoms with Gasteiger partial charge in [0.05, 0.1) is 0 Å². The van der Waals surface area contributed by atoms with Crippen LogP contribution in [0.4, 0.5) is 4.79 Å². The highest BCUT2D eigenvalue weighted by atomic mass is 32.2. The average molecular weight is 347 g/mol. The van der Waals surface area contributed by atoms with Gasteiger partial charge in [0.25, 0.3) is 10.2 Å². The van der Waals surface area contributed by atoms with Gasteiger partial charge in [-0.3, -0.25) is 0 Å². The lowest BCUT2D eigenvalue weighted by Crippen LogP contribution is -2.49. The lowest BCUT2D eigenvalue weighted by Gasteiger charge is -2.31. The molecule has 2 unspecified atom stereocenters. The molecule has 2 aliphatic rings. The van der Waals surface area contributed by atoms with E-state index in [1.807, 2.05) is 20.8 Å². The first kappa shape index (κ1) is 18.5. The van der Waals surface area contributed by atoms with Crippen molar-refractivity contribution in [1.29, 1.82) is 0 Å². The van der Waals surface area contributed by atoms with Crippen LogP contribution in [0.3, 0.4) is 0 Å². The SMILES string of the molecule is CC1CCCN(S(=O)(=O)NC2CCN(C(=O)OC(C)(C)C)C2)C1. The van der Waals surface area contributed by atoms with E-state index >= 15 is 0 Å². The maximum atomic E-state index is 12.5. The molecule has 2 fully saturated rings. The third-order valence-electron chi connectivity index (χ3n) is 4.12. The first-order chi connectivity index (χ1) is 10.6. The average Bonchev–Trinajstić information content (AvgIpc) is 2.84. The second kappa shape index (κ2) is 6.94. The predicted molar refractivity (Wildman–Crippen MR) is 88.2 cm³/mol. The number of likely N-dealkylation sites (tertiary alicyclic amines) is 1. The number of hydrogen-bond acceptors (Lipinski definition) is 4. The zero-order valence-corrected chi connectivity index (χ0v) is 15.4. The van der Waals surface area contributed by atoms with Gasteiger partial charge in [-0.2, -0.15) is 17.4 Å². The van der Waals surface area contributed by atoms with Crippen molar-refractivity contribution in [3.05, 3.63) is 0 Å². The van der Waals surface area contributed by atoms with Gasteiger partial charge in [-0.15, -0.1) is 0 Å². The molecule has 0 radical (unpaired) electrons. The Bertz CT molecular complexity index is 529. The summed E-state index contributed by atoms with van der Waals surface area (Å²) in [5.41, 5.74) is -0.543. The Morgan fingerprint density at radius 2 is 1.87 bits per heavy atom. The Hall–Kier alpha value is -0.860. The van der Waals surface area contributed by atoms with Crippen LogP contribution in [0.25, 0.3) is 0 Å². The van der Waals surface area contributed by atoms with E-state index in [-0.39, 0.29) is 12.1 Å². The highest BCUT2D eigenvalue weighted by Gasteiger charge is 2.34. The van der Waals surface area contributed by atoms with Crippen molar-refractivity contribution in [3.8, 4) is 0 Å². The molecule has 1 N–H and O–H groups in total. The molecule has 134 valence electrons. The lowest BCUT2D eigenvalue weighted by atomic mass is 10.0. The zero-order valence-electron chi connectivity index (χ0n) is 14.5. The van der Waals surface area contributed by atoms with Gasteiger partial charge in [0.15, 0.2) is 0 Å². The summed E-state index contributed by atoms with van der Waals surface area (Å²) in [6, 6.07) is -0.246. The summed E-state index contributed by atoms with van der Waals surface area (Å²) in [4.78, 5) is 13.6. The van der Waals surface area contributed by atoms with Crippen LogP contribution in [0.2, 0.25) is 0 Å². The molecule has 2 rings (SSSR count). The number of carbonyl (C=O) groups is 1. The van der Waals surface area contributed by atoms with Gasteiger partial charge in [-0.1, -0.05) is 6.92 Å². The second-order valence-corrected chi connectivity index (χ2v) is 9.34. The Morgan fingerprint density at radius 1 is 1.17 bits per heavy atom. The van der Waals surface area contributed by atoms with E-state index in [4.69, 9.17) is 4.74 Å². The van der Waals surface area contributed by atoms with E-state index in [1.165, 1.54) is 4.31 Å². The van der Waals surface area contributed by atoms with Crippen molar-refractivity contribution in [3.63, 3.8) is 0 Å². The summed E-state index contributed by atoms with van der Waals surface area (Å²) in [5.74, 6) is 0.391. The molecule has 2 atom stereocenters. The van der Waals surface area contributed by atoms with Gasteiger partial charge >= 0.3 is 6.09 Å². The van der Waals surface area contributed by atoms with Crippen LogP contribution in [0, 0.1) is 5.92 Å². The van der Waals surface area contributed by atoms with Crippen molar-refractivity contribution in [2.45, 2.75) is 58.6 Å². The Morgan fingerprint density at radius 3 is 2.48 bits per heavy atom. The molecule has 0 spiro atoms. The molecular weight excluding hydrogens is 318 g/mol. The molecule has 2 saturated heterocycles. The zero-order chi connectivity index (χ0) is 17.3. The second-order valence-electron chi connectivity index (χ2n) is 7.64. The van der Waals surface area contributed by atoms with Crippen molar-refractivity contribution in [2.24, 2.45) is 5.92 Å². The summed E-state index contributed by atoms with van der Waals surface area (Å²) < 4.78 is 34.5. The van der Waals surface area contributed by atoms with Crippen LogP contribution in [0.1, 0.15) is 47.0 Å². The van der Waals surface area contributed by atoms with E-state index in [0.29, 0.717) is 38.5 Å². The molecule has 1 amide bonds. The smallest absolute Gasteiger partial charge is 0.410 e. The number of piperidine rings is 1. The molecule has 0 bridgehead atoms. The quantitative estimate of drug-likeness (QED) is 0.840. The number of rotatable bonds is 3. The molecular formula is C15H29N3O4S. The fourth-order valence-electron chi connectivity index (χ4n) is 3.00. The fourth-order valence-corrected chi connectivity index (χ4v) is 4.58. The van der Waals surface area contributed by atoms with Crippen molar-refractivity contribution >= 4 is 16.3 Å². The largest absolute Gasteiger partial charge is 0.444 e. The number of carbonyl (C=O) groups excluding carboxylic acids is 1. The number of hydrogen-bond donors (Lipinski definition) is 1. The first-order valence-electron chi connectivity index (χ1n) is 8.32. The minimum atomic E-state index is -3.48. The summed E-state index contributed by atoms with van der Waals surface area (Å²) in [5, 5.41) is 0. The molecule has 7 nitrogen and oxygen atoms in total. The highest BCUT2D eigenvalue weighted by Crippen LogP contribution is 2.20. The molecule has 23 heavy (non-hydrogen) atoms. The third kappa shape index (κ3) is 5.32. The maximum Gasteiger partial charge on any atom is 0.410 e. The number of nitrogens with one attached hydrogen (secondary N) is 1. The van der Waals surface area contributed by atoms with E-state index in [2.05, 4.69) is 11.6 Å². The fraction of sp³-hybridized carbons (Fsp3) is 0.933. The molecule has 0 aromatic heterocycles. The number of amides is 1. The molecule has 0 saturated carbocycles. The Kier molecular flexibility index (Phi) is 5.58. The van der Waals surface area contributed by atoms with Crippen LogP contribution in [0.15, 0.2) is 0 Å². The molecule has 0 aliphatic carbocycles. The van der Waals surface area contributed by atoms with Gasteiger partial charge in [0, 0.05) is 32.2 Å². The minimum absolute atomic E-state index is 0.246. The van der Waals surface area contributed by atoms with Gasteiger partial charge in [-0.05, 0) is 46.0 Å². The summed E-state index contributed by atoms with van der Waals surface area (Å²) in [6.45, 7) is 9.54. The van der Waals surface area contributed by atoms with Crippen LogP contribution in [0.5, 0.6) is 0 Å². The Labute approximate surface area is 139 Å². The van der Waals surface area contributed by atoms with E-state index in [9.17, 15) is 13.2 Å². The number of nitrogens with zero attached hydrogens (tertiary/aromatic N) is 2. The standard InChI is InChI=1S/C15H29N3O4S/c1-12-6-5-8-18(10-12)23(20,21)16-13-7-9-17(11-13)14(19)22-15(2,3)4/h12-13,16H,5-11H2,1-4H3. The molecule has 2 heterocycles. The molecule has 2 aliphatic heterocycles. The molecule has 0 aromatic rings. The van der Waals surface area contributed by atoms with Crippen LogP contribution >= 0.6 is 0 Å². The lowest BCUT2D eigenvalue weighted by molar-refractivity contribution is 0.0292. The van der Waals surface area contributed by atoms with Crippen LogP contribution in [-0.4, -0.2) is 61.5 Å². The predicted octanol–water partition coefficient (Wildman–Crippen LogP) is 1.56. The molecule has 0 aromatic carbocycles. The highest BCUT2D eigenvalue weighted by molar-refractivity contribution is 7.87. The van der Waals surface area contributed by atoms with Gasteiger partial charge in [0.2, 0.25) is 0 Å². The maximum absolute atomic E-state index is 12.5.